The van der Waals surface area contributed by atoms with Gasteiger partial charge in [0.25, 0.3) is 5.56 Å². The molecule has 4 nitrogen and oxygen atoms in total. The number of rotatable bonds is 3. The molecule has 0 bridgehead atoms. The lowest BCUT2D eigenvalue weighted by atomic mass is 9.80. The van der Waals surface area contributed by atoms with Gasteiger partial charge in [0.2, 0.25) is 0 Å². The SMILES string of the molecule is CC1(C)OB(c2ccc(=O)n(Cc3ccc4ccccc4c3)c2)OC1(C)C. The normalized spacial score (nSPS) is 18.1. The molecular formula is C22H24BNO3. The number of nitrogens with zero attached hydrogens (tertiary/aromatic N) is 1. The van der Waals surface area contributed by atoms with Gasteiger partial charge < -0.3 is 13.9 Å². The summed E-state index contributed by atoms with van der Waals surface area (Å²) in [6.07, 6.45) is 1.85. The smallest absolute Gasteiger partial charge is 0.399 e. The second-order valence-electron chi connectivity index (χ2n) is 8.20. The van der Waals surface area contributed by atoms with E-state index in [0.717, 1.165) is 11.0 Å². The average Bonchev–Trinajstić information content (AvgIpc) is 2.84. The monoisotopic (exact) mass is 361 g/mol. The molecule has 0 radical (unpaired) electrons. The van der Waals surface area contributed by atoms with Gasteiger partial charge >= 0.3 is 7.12 Å². The van der Waals surface area contributed by atoms with Crippen molar-refractivity contribution in [3.63, 3.8) is 0 Å². The zero-order valence-corrected chi connectivity index (χ0v) is 16.2. The van der Waals surface area contributed by atoms with Crippen molar-refractivity contribution in [2.45, 2.75) is 45.4 Å². The zero-order valence-electron chi connectivity index (χ0n) is 16.2. The van der Waals surface area contributed by atoms with Crippen molar-refractivity contribution >= 4 is 23.4 Å². The average molecular weight is 361 g/mol. The van der Waals surface area contributed by atoms with Gasteiger partial charge in [-0.1, -0.05) is 42.5 Å². The molecule has 0 amide bonds. The highest BCUT2D eigenvalue weighted by molar-refractivity contribution is 6.62. The predicted octanol–water partition coefficient (Wildman–Crippen LogP) is 3.35. The third-order valence-electron chi connectivity index (χ3n) is 5.70. The maximum Gasteiger partial charge on any atom is 0.496 e. The fraction of sp³-hybridized carbons (Fsp3) is 0.318. The lowest BCUT2D eigenvalue weighted by Gasteiger charge is -2.32. The maximum absolute atomic E-state index is 12.4. The highest BCUT2D eigenvalue weighted by Gasteiger charge is 2.51. The molecule has 1 aliphatic rings. The first kappa shape index (κ1) is 18.0. The molecule has 27 heavy (non-hydrogen) atoms. The van der Waals surface area contributed by atoms with E-state index in [9.17, 15) is 4.79 Å². The van der Waals surface area contributed by atoms with E-state index >= 15 is 0 Å². The van der Waals surface area contributed by atoms with Crippen LogP contribution in [-0.2, 0) is 15.9 Å². The molecule has 1 aliphatic heterocycles. The molecule has 0 N–H and O–H groups in total. The van der Waals surface area contributed by atoms with Crippen LogP contribution in [0.5, 0.6) is 0 Å². The minimum Gasteiger partial charge on any atom is -0.399 e. The molecule has 1 fully saturated rings. The fourth-order valence-electron chi connectivity index (χ4n) is 3.33. The summed E-state index contributed by atoms with van der Waals surface area (Å²) >= 11 is 0. The van der Waals surface area contributed by atoms with Crippen LogP contribution in [0.15, 0.2) is 65.6 Å². The van der Waals surface area contributed by atoms with Crippen molar-refractivity contribution < 1.29 is 9.31 Å². The van der Waals surface area contributed by atoms with Gasteiger partial charge in [-0.3, -0.25) is 4.79 Å². The Bertz CT molecular complexity index is 1040. The van der Waals surface area contributed by atoms with E-state index < -0.39 is 18.3 Å². The molecule has 5 heteroatoms. The van der Waals surface area contributed by atoms with Gasteiger partial charge in [-0.25, -0.2) is 0 Å². The highest BCUT2D eigenvalue weighted by Crippen LogP contribution is 2.36. The summed E-state index contributed by atoms with van der Waals surface area (Å²) in [6, 6.07) is 17.9. The maximum atomic E-state index is 12.4. The first-order valence-electron chi connectivity index (χ1n) is 9.29. The molecular weight excluding hydrogens is 337 g/mol. The van der Waals surface area contributed by atoms with Gasteiger partial charge in [0.05, 0.1) is 17.7 Å². The van der Waals surface area contributed by atoms with Crippen molar-refractivity contribution in [2.24, 2.45) is 0 Å². The zero-order chi connectivity index (χ0) is 19.2. The van der Waals surface area contributed by atoms with Crippen LogP contribution in [0.25, 0.3) is 10.8 Å². The molecule has 1 aromatic heterocycles. The molecule has 0 unspecified atom stereocenters. The Kier molecular flexibility index (Phi) is 4.24. The van der Waals surface area contributed by atoms with Gasteiger partial charge in [-0.05, 0) is 55.6 Å². The van der Waals surface area contributed by atoms with Gasteiger partial charge in [-0.15, -0.1) is 0 Å². The molecule has 138 valence electrons. The lowest BCUT2D eigenvalue weighted by molar-refractivity contribution is 0.00578. The van der Waals surface area contributed by atoms with Gasteiger partial charge in [0, 0.05) is 12.3 Å². The van der Waals surface area contributed by atoms with E-state index in [4.69, 9.17) is 9.31 Å². The number of aromatic nitrogens is 1. The number of benzene rings is 2. The molecule has 2 heterocycles. The summed E-state index contributed by atoms with van der Waals surface area (Å²) in [5.74, 6) is 0. The van der Waals surface area contributed by atoms with Crippen LogP contribution < -0.4 is 11.0 Å². The molecule has 0 saturated carbocycles. The minimum atomic E-state index is -0.474. The Balaban J connectivity index is 1.64. The van der Waals surface area contributed by atoms with E-state index in [1.165, 1.54) is 10.8 Å². The Morgan fingerprint density at radius 2 is 1.56 bits per heavy atom. The summed E-state index contributed by atoms with van der Waals surface area (Å²) < 4.78 is 13.9. The molecule has 0 spiro atoms. The quantitative estimate of drug-likeness (QED) is 0.672. The van der Waals surface area contributed by atoms with Crippen molar-refractivity contribution in [1.29, 1.82) is 0 Å². The van der Waals surface area contributed by atoms with Crippen LogP contribution >= 0.6 is 0 Å². The molecule has 1 saturated heterocycles. The van der Waals surface area contributed by atoms with Crippen LogP contribution in [0, 0.1) is 0 Å². The number of fused-ring (bicyclic) bond motifs is 1. The molecule has 3 aromatic rings. The van der Waals surface area contributed by atoms with E-state index in [1.54, 1.807) is 16.7 Å². The molecule has 0 aliphatic carbocycles. The molecule has 0 atom stereocenters. The van der Waals surface area contributed by atoms with E-state index in [-0.39, 0.29) is 5.56 Å². The third kappa shape index (κ3) is 3.33. The van der Waals surface area contributed by atoms with Crippen LogP contribution in [0.2, 0.25) is 0 Å². The highest BCUT2D eigenvalue weighted by atomic mass is 16.7. The van der Waals surface area contributed by atoms with Crippen molar-refractivity contribution in [2.75, 3.05) is 0 Å². The standard InChI is InChI=1S/C22H24BNO3/c1-21(2)22(3,4)27-23(26-21)19-11-12-20(25)24(15-19)14-16-9-10-17-7-5-6-8-18(17)13-16/h5-13,15H,14H2,1-4H3. The third-order valence-corrected chi connectivity index (χ3v) is 5.70. The van der Waals surface area contributed by atoms with E-state index in [2.05, 4.69) is 30.3 Å². The van der Waals surface area contributed by atoms with Crippen molar-refractivity contribution in [3.8, 4) is 0 Å². The molecule has 2 aromatic carbocycles. The Morgan fingerprint density at radius 3 is 2.26 bits per heavy atom. The van der Waals surface area contributed by atoms with Gasteiger partial charge in [0.1, 0.15) is 0 Å². The van der Waals surface area contributed by atoms with Crippen LogP contribution in [0.4, 0.5) is 0 Å². The van der Waals surface area contributed by atoms with Crippen LogP contribution in [-0.4, -0.2) is 22.9 Å². The number of hydrogen-bond donors (Lipinski definition) is 0. The Labute approximate surface area is 159 Å². The lowest BCUT2D eigenvalue weighted by Crippen LogP contribution is -2.41. The Morgan fingerprint density at radius 1 is 0.889 bits per heavy atom. The van der Waals surface area contributed by atoms with E-state index in [1.807, 2.05) is 46.0 Å². The second-order valence-corrected chi connectivity index (χ2v) is 8.20. The summed E-state index contributed by atoms with van der Waals surface area (Å²) in [6.45, 7) is 8.61. The first-order valence-corrected chi connectivity index (χ1v) is 9.29. The largest absolute Gasteiger partial charge is 0.496 e. The number of pyridine rings is 1. The van der Waals surface area contributed by atoms with Gasteiger partial charge in [-0.2, -0.15) is 0 Å². The van der Waals surface area contributed by atoms with Crippen LogP contribution in [0.1, 0.15) is 33.3 Å². The predicted molar refractivity (Wildman–Crippen MR) is 109 cm³/mol. The fourth-order valence-corrected chi connectivity index (χ4v) is 3.33. The summed E-state index contributed by atoms with van der Waals surface area (Å²) in [7, 11) is -0.474. The number of hydrogen-bond acceptors (Lipinski definition) is 3. The second kappa shape index (κ2) is 6.36. The first-order chi connectivity index (χ1) is 12.7. The van der Waals surface area contributed by atoms with E-state index in [0.29, 0.717) is 6.54 Å². The van der Waals surface area contributed by atoms with Crippen LogP contribution in [0.3, 0.4) is 0 Å². The van der Waals surface area contributed by atoms with Crippen molar-refractivity contribution in [3.05, 3.63) is 76.7 Å². The summed E-state index contributed by atoms with van der Waals surface area (Å²) in [5, 5.41) is 2.37. The summed E-state index contributed by atoms with van der Waals surface area (Å²) in [5.41, 5.74) is 1.09. The topological polar surface area (TPSA) is 40.5 Å². The minimum absolute atomic E-state index is 0.0385. The van der Waals surface area contributed by atoms with Crippen molar-refractivity contribution in [1.82, 2.24) is 4.57 Å². The molecule has 4 rings (SSSR count). The summed E-state index contributed by atoms with van der Waals surface area (Å²) in [4.78, 5) is 12.4. The van der Waals surface area contributed by atoms with Gasteiger partial charge in [0.15, 0.2) is 0 Å². The Hall–Kier alpha value is -2.37.